The Balaban J connectivity index is 1.39. The number of piperazine rings is 1. The lowest BCUT2D eigenvalue weighted by Gasteiger charge is -2.46. The van der Waals surface area contributed by atoms with Gasteiger partial charge in [0.05, 0.1) is 11.9 Å². The van der Waals surface area contributed by atoms with Crippen molar-refractivity contribution in [1.82, 2.24) is 19.6 Å². The molecule has 2 heterocycles. The maximum atomic E-state index is 13.5. The molecule has 4 rings (SSSR count). The summed E-state index contributed by atoms with van der Waals surface area (Å²) in [5.41, 5.74) is 1.88. The molecule has 152 valence electrons. The zero-order chi connectivity index (χ0) is 19.3. The van der Waals surface area contributed by atoms with Gasteiger partial charge in [-0.05, 0) is 37.5 Å². The summed E-state index contributed by atoms with van der Waals surface area (Å²) in [6.07, 6.45) is 11.4. The summed E-state index contributed by atoms with van der Waals surface area (Å²) >= 11 is 0. The van der Waals surface area contributed by atoms with Crippen LogP contribution in [0.5, 0.6) is 0 Å². The summed E-state index contributed by atoms with van der Waals surface area (Å²) in [6.45, 7) is 4.20. The minimum absolute atomic E-state index is 0.249. The molecule has 1 N–H and O–H groups in total. The number of rotatable bonds is 6. The predicted molar refractivity (Wildman–Crippen MR) is 108 cm³/mol. The molecular weight excluding hydrogens is 355 g/mol. The Bertz CT molecular complexity index is 758. The molecule has 1 aromatic carbocycles. The SMILES string of the molecule is OCC[C@@H]1CN(Cc2cnn(-c3cccc(F)c3)c2)CCN1C1CCCCC1. The number of halogens is 1. The lowest BCUT2D eigenvalue weighted by molar-refractivity contribution is 0.0137. The summed E-state index contributed by atoms with van der Waals surface area (Å²) in [5.74, 6) is -0.250. The highest BCUT2D eigenvalue weighted by Gasteiger charge is 2.32. The first-order valence-corrected chi connectivity index (χ1v) is 10.6. The van der Waals surface area contributed by atoms with E-state index in [2.05, 4.69) is 14.9 Å². The summed E-state index contributed by atoms with van der Waals surface area (Å²) in [7, 11) is 0. The van der Waals surface area contributed by atoms with E-state index in [4.69, 9.17) is 0 Å². The molecule has 1 aliphatic heterocycles. The molecule has 6 heteroatoms. The Morgan fingerprint density at radius 1 is 1.14 bits per heavy atom. The second-order valence-corrected chi connectivity index (χ2v) is 8.20. The fourth-order valence-electron chi connectivity index (χ4n) is 4.84. The Labute approximate surface area is 166 Å². The maximum Gasteiger partial charge on any atom is 0.125 e. The molecule has 1 aliphatic carbocycles. The van der Waals surface area contributed by atoms with Crippen LogP contribution in [-0.2, 0) is 6.54 Å². The summed E-state index contributed by atoms with van der Waals surface area (Å²) in [4.78, 5) is 5.13. The summed E-state index contributed by atoms with van der Waals surface area (Å²) in [6, 6.07) is 7.64. The Morgan fingerprint density at radius 2 is 2.00 bits per heavy atom. The molecule has 2 fully saturated rings. The van der Waals surface area contributed by atoms with Crippen molar-refractivity contribution in [3.63, 3.8) is 0 Å². The molecule has 2 aromatic rings. The number of aliphatic hydroxyl groups excluding tert-OH is 1. The highest BCUT2D eigenvalue weighted by atomic mass is 19.1. The van der Waals surface area contributed by atoms with Gasteiger partial charge in [-0.2, -0.15) is 5.10 Å². The van der Waals surface area contributed by atoms with Crippen LogP contribution in [0.1, 0.15) is 44.1 Å². The smallest absolute Gasteiger partial charge is 0.125 e. The second kappa shape index (κ2) is 9.16. The van der Waals surface area contributed by atoms with Gasteiger partial charge in [-0.25, -0.2) is 9.07 Å². The van der Waals surface area contributed by atoms with Crippen molar-refractivity contribution in [1.29, 1.82) is 0 Å². The minimum Gasteiger partial charge on any atom is -0.396 e. The molecule has 0 amide bonds. The van der Waals surface area contributed by atoms with Crippen LogP contribution in [0.15, 0.2) is 36.7 Å². The molecular formula is C22H31FN4O. The normalized spacial score (nSPS) is 22.6. The minimum atomic E-state index is -0.250. The number of hydrogen-bond donors (Lipinski definition) is 1. The quantitative estimate of drug-likeness (QED) is 0.828. The van der Waals surface area contributed by atoms with Gasteiger partial charge in [0, 0.05) is 56.6 Å². The van der Waals surface area contributed by atoms with E-state index in [-0.39, 0.29) is 12.4 Å². The molecule has 0 unspecified atom stereocenters. The average molecular weight is 387 g/mol. The van der Waals surface area contributed by atoms with Gasteiger partial charge in [0.2, 0.25) is 0 Å². The number of benzene rings is 1. The van der Waals surface area contributed by atoms with Gasteiger partial charge in [0.25, 0.3) is 0 Å². The average Bonchev–Trinajstić information content (AvgIpc) is 3.18. The van der Waals surface area contributed by atoms with E-state index in [0.29, 0.717) is 12.1 Å². The molecule has 0 bridgehead atoms. The van der Waals surface area contributed by atoms with Crippen LogP contribution in [0, 0.1) is 5.82 Å². The Morgan fingerprint density at radius 3 is 2.79 bits per heavy atom. The van der Waals surface area contributed by atoms with Gasteiger partial charge < -0.3 is 5.11 Å². The van der Waals surface area contributed by atoms with Gasteiger partial charge in [0.15, 0.2) is 0 Å². The number of hydrogen-bond acceptors (Lipinski definition) is 4. The molecule has 1 aromatic heterocycles. The first-order chi connectivity index (χ1) is 13.7. The van der Waals surface area contributed by atoms with Crippen LogP contribution in [0.2, 0.25) is 0 Å². The molecule has 28 heavy (non-hydrogen) atoms. The van der Waals surface area contributed by atoms with Crippen molar-refractivity contribution in [3.8, 4) is 5.69 Å². The highest BCUT2D eigenvalue weighted by molar-refractivity contribution is 5.31. The van der Waals surface area contributed by atoms with Crippen molar-refractivity contribution < 1.29 is 9.50 Å². The van der Waals surface area contributed by atoms with Gasteiger partial charge in [-0.1, -0.05) is 25.3 Å². The largest absolute Gasteiger partial charge is 0.396 e. The first kappa shape index (κ1) is 19.6. The summed E-state index contributed by atoms with van der Waals surface area (Å²) < 4.78 is 15.2. The molecule has 1 atom stereocenters. The van der Waals surface area contributed by atoms with E-state index in [9.17, 15) is 9.50 Å². The molecule has 1 saturated heterocycles. The van der Waals surface area contributed by atoms with E-state index >= 15 is 0 Å². The number of aliphatic hydroxyl groups is 1. The van der Waals surface area contributed by atoms with Crippen LogP contribution >= 0.6 is 0 Å². The number of aromatic nitrogens is 2. The van der Waals surface area contributed by atoms with Crippen LogP contribution < -0.4 is 0 Å². The van der Waals surface area contributed by atoms with Crippen molar-refractivity contribution in [2.45, 2.75) is 57.2 Å². The van der Waals surface area contributed by atoms with Crippen molar-refractivity contribution in [2.24, 2.45) is 0 Å². The fraction of sp³-hybridized carbons (Fsp3) is 0.591. The van der Waals surface area contributed by atoms with E-state index in [1.54, 1.807) is 10.7 Å². The van der Waals surface area contributed by atoms with E-state index in [0.717, 1.165) is 43.9 Å². The predicted octanol–water partition coefficient (Wildman–Crippen LogP) is 3.21. The highest BCUT2D eigenvalue weighted by Crippen LogP contribution is 2.27. The van der Waals surface area contributed by atoms with Crippen molar-refractivity contribution >= 4 is 0 Å². The standard InChI is InChI=1S/C22H31FN4O/c23-19-5-4-8-21(13-19)27-16-18(14-24-27)15-25-10-11-26(22(17-25)9-12-28)20-6-2-1-3-7-20/h4-5,8,13-14,16,20,22,28H,1-3,6-7,9-12,15,17H2/t22-/m1/s1. The van der Waals surface area contributed by atoms with Crippen LogP contribution in [0.3, 0.4) is 0 Å². The third kappa shape index (κ3) is 4.62. The zero-order valence-corrected chi connectivity index (χ0v) is 16.5. The van der Waals surface area contributed by atoms with Gasteiger partial charge in [-0.15, -0.1) is 0 Å². The molecule has 2 aliphatic rings. The monoisotopic (exact) mass is 386 g/mol. The third-order valence-corrected chi connectivity index (χ3v) is 6.23. The van der Waals surface area contributed by atoms with Crippen LogP contribution in [0.25, 0.3) is 5.69 Å². The zero-order valence-electron chi connectivity index (χ0n) is 16.5. The molecule has 0 spiro atoms. The first-order valence-electron chi connectivity index (χ1n) is 10.6. The van der Waals surface area contributed by atoms with Gasteiger partial charge in [0.1, 0.15) is 5.82 Å². The maximum absolute atomic E-state index is 13.5. The lowest BCUT2D eigenvalue weighted by Crippen LogP contribution is -2.56. The van der Waals surface area contributed by atoms with Gasteiger partial charge in [-0.3, -0.25) is 9.80 Å². The van der Waals surface area contributed by atoms with Crippen LogP contribution in [-0.4, -0.2) is 63.0 Å². The second-order valence-electron chi connectivity index (χ2n) is 8.20. The van der Waals surface area contributed by atoms with E-state index < -0.39 is 0 Å². The van der Waals surface area contributed by atoms with Crippen molar-refractivity contribution in [3.05, 3.63) is 48.0 Å². The molecule has 1 saturated carbocycles. The summed E-state index contributed by atoms with van der Waals surface area (Å²) in [5, 5.41) is 14.0. The lowest BCUT2D eigenvalue weighted by atomic mass is 9.92. The van der Waals surface area contributed by atoms with Crippen molar-refractivity contribution in [2.75, 3.05) is 26.2 Å². The fourth-order valence-corrected chi connectivity index (χ4v) is 4.84. The topological polar surface area (TPSA) is 44.5 Å². The Hall–Kier alpha value is -1.76. The Kier molecular flexibility index (Phi) is 6.40. The molecule has 0 radical (unpaired) electrons. The van der Waals surface area contributed by atoms with E-state index in [1.165, 1.54) is 44.2 Å². The molecule has 5 nitrogen and oxygen atoms in total. The van der Waals surface area contributed by atoms with Crippen LogP contribution in [0.4, 0.5) is 4.39 Å². The van der Waals surface area contributed by atoms with Gasteiger partial charge >= 0.3 is 0 Å². The third-order valence-electron chi connectivity index (χ3n) is 6.23. The van der Waals surface area contributed by atoms with E-state index in [1.807, 2.05) is 18.5 Å². The number of nitrogens with zero attached hydrogens (tertiary/aromatic N) is 4.